The van der Waals surface area contributed by atoms with E-state index in [1.807, 2.05) is 18.3 Å². The number of pyridine rings is 1. The highest BCUT2D eigenvalue weighted by Gasteiger charge is 2.31. The van der Waals surface area contributed by atoms with Crippen LogP contribution in [0.3, 0.4) is 0 Å². The topological polar surface area (TPSA) is 66.0 Å². The Bertz CT molecular complexity index is 551. The molecule has 0 amide bonds. The Kier molecular flexibility index (Phi) is 3.01. The molecule has 0 saturated carbocycles. The zero-order valence-electron chi connectivity index (χ0n) is 10.5. The number of hydrogen-bond acceptors (Lipinski definition) is 4. The molecule has 0 bridgehead atoms. The Labute approximate surface area is 106 Å². The van der Waals surface area contributed by atoms with E-state index >= 15 is 0 Å². The van der Waals surface area contributed by atoms with E-state index in [-0.39, 0.29) is 12.0 Å². The molecule has 1 aliphatic heterocycles. The van der Waals surface area contributed by atoms with Crippen LogP contribution >= 0.6 is 0 Å². The molecule has 1 aliphatic rings. The van der Waals surface area contributed by atoms with Crippen molar-refractivity contribution in [3.8, 4) is 0 Å². The van der Waals surface area contributed by atoms with Gasteiger partial charge in [0.1, 0.15) is 11.3 Å². The third-order valence-electron chi connectivity index (χ3n) is 3.44. The lowest BCUT2D eigenvalue weighted by Gasteiger charge is -2.14. The van der Waals surface area contributed by atoms with Crippen LogP contribution in [0.25, 0.3) is 11.2 Å². The van der Waals surface area contributed by atoms with Crippen LogP contribution in [-0.2, 0) is 11.3 Å². The minimum absolute atomic E-state index is 0.0393. The van der Waals surface area contributed by atoms with Crippen LogP contribution in [0.1, 0.15) is 25.1 Å². The van der Waals surface area contributed by atoms with Crippen molar-refractivity contribution in [1.29, 1.82) is 0 Å². The number of fused-ring (bicyclic) bond motifs is 1. The van der Waals surface area contributed by atoms with Gasteiger partial charge in [-0.15, -0.1) is 0 Å². The molecule has 2 aromatic heterocycles. The molecule has 2 unspecified atom stereocenters. The number of aromatic nitrogens is 3. The summed E-state index contributed by atoms with van der Waals surface area (Å²) in [5, 5.41) is 0. The maximum atomic E-state index is 6.10. The van der Waals surface area contributed by atoms with Crippen molar-refractivity contribution in [2.75, 3.05) is 13.2 Å². The summed E-state index contributed by atoms with van der Waals surface area (Å²) in [4.78, 5) is 9.14. The van der Waals surface area contributed by atoms with Gasteiger partial charge in [0.15, 0.2) is 5.65 Å². The third-order valence-corrected chi connectivity index (χ3v) is 3.44. The summed E-state index contributed by atoms with van der Waals surface area (Å²) in [6.45, 7) is 4.36. The van der Waals surface area contributed by atoms with Gasteiger partial charge in [0.2, 0.25) is 0 Å². The molecule has 0 aromatic carbocycles. The molecule has 2 aromatic rings. The number of nitrogens with zero attached hydrogens (tertiary/aromatic N) is 3. The van der Waals surface area contributed by atoms with Crippen LogP contribution in [0.4, 0.5) is 0 Å². The van der Waals surface area contributed by atoms with Gasteiger partial charge in [0.05, 0.1) is 19.1 Å². The SMILES string of the molecule is CCCn1c(C2COCC2N)nc2cccnc21. The maximum Gasteiger partial charge on any atom is 0.159 e. The number of ether oxygens (including phenoxy) is 1. The van der Waals surface area contributed by atoms with Gasteiger partial charge in [0.25, 0.3) is 0 Å². The molecule has 5 heteroatoms. The molecular formula is C13H18N4O. The van der Waals surface area contributed by atoms with Gasteiger partial charge >= 0.3 is 0 Å². The Morgan fingerprint density at radius 3 is 3.11 bits per heavy atom. The Morgan fingerprint density at radius 2 is 2.39 bits per heavy atom. The van der Waals surface area contributed by atoms with Gasteiger partial charge in [-0.2, -0.15) is 0 Å². The average Bonchev–Trinajstić information content (AvgIpc) is 2.94. The lowest BCUT2D eigenvalue weighted by atomic mass is 10.0. The quantitative estimate of drug-likeness (QED) is 0.886. The molecule has 2 atom stereocenters. The normalized spacial score (nSPS) is 23.9. The second-order valence-electron chi connectivity index (χ2n) is 4.78. The summed E-state index contributed by atoms with van der Waals surface area (Å²) in [6, 6.07) is 3.96. The van der Waals surface area contributed by atoms with Gasteiger partial charge < -0.3 is 15.0 Å². The van der Waals surface area contributed by atoms with Gasteiger partial charge in [-0.05, 0) is 18.6 Å². The molecule has 3 heterocycles. The number of imidazole rings is 1. The van der Waals surface area contributed by atoms with E-state index in [1.54, 1.807) is 0 Å². The molecule has 0 aliphatic carbocycles. The van der Waals surface area contributed by atoms with E-state index in [2.05, 4.69) is 16.5 Å². The third kappa shape index (κ3) is 1.79. The maximum absolute atomic E-state index is 6.10. The van der Waals surface area contributed by atoms with E-state index in [0.29, 0.717) is 13.2 Å². The Balaban J connectivity index is 2.12. The molecule has 1 fully saturated rings. The summed E-state index contributed by atoms with van der Waals surface area (Å²) < 4.78 is 7.64. The van der Waals surface area contributed by atoms with E-state index in [0.717, 1.165) is 30.0 Å². The lowest BCUT2D eigenvalue weighted by Crippen LogP contribution is -2.29. The number of nitrogens with two attached hydrogens (primary N) is 1. The predicted molar refractivity (Wildman–Crippen MR) is 69.4 cm³/mol. The molecule has 5 nitrogen and oxygen atoms in total. The van der Waals surface area contributed by atoms with E-state index in [9.17, 15) is 0 Å². The van der Waals surface area contributed by atoms with Crippen molar-refractivity contribution >= 4 is 11.2 Å². The summed E-state index contributed by atoms with van der Waals surface area (Å²) in [5.41, 5.74) is 8.00. The largest absolute Gasteiger partial charge is 0.379 e. The van der Waals surface area contributed by atoms with Crippen LogP contribution in [0.5, 0.6) is 0 Å². The lowest BCUT2D eigenvalue weighted by molar-refractivity contribution is 0.190. The molecular weight excluding hydrogens is 228 g/mol. The van der Waals surface area contributed by atoms with Gasteiger partial charge in [-0.3, -0.25) is 0 Å². The zero-order valence-corrected chi connectivity index (χ0v) is 10.5. The van der Waals surface area contributed by atoms with Crippen molar-refractivity contribution in [1.82, 2.24) is 14.5 Å². The number of hydrogen-bond donors (Lipinski definition) is 1. The second-order valence-corrected chi connectivity index (χ2v) is 4.78. The first kappa shape index (κ1) is 11.6. The van der Waals surface area contributed by atoms with Crippen molar-refractivity contribution in [2.45, 2.75) is 31.8 Å². The number of aryl methyl sites for hydroxylation is 1. The van der Waals surface area contributed by atoms with Crippen molar-refractivity contribution in [2.24, 2.45) is 5.73 Å². The minimum Gasteiger partial charge on any atom is -0.379 e. The van der Waals surface area contributed by atoms with Gasteiger partial charge in [0, 0.05) is 18.8 Å². The van der Waals surface area contributed by atoms with E-state index in [4.69, 9.17) is 15.5 Å². The van der Waals surface area contributed by atoms with E-state index < -0.39 is 0 Å². The number of rotatable bonds is 3. The highest BCUT2D eigenvalue weighted by atomic mass is 16.5. The van der Waals surface area contributed by atoms with Gasteiger partial charge in [-0.25, -0.2) is 9.97 Å². The van der Waals surface area contributed by atoms with Gasteiger partial charge in [-0.1, -0.05) is 6.92 Å². The summed E-state index contributed by atoms with van der Waals surface area (Å²) in [6.07, 6.45) is 2.86. The molecule has 2 N–H and O–H groups in total. The minimum atomic E-state index is 0.0393. The van der Waals surface area contributed by atoms with Crippen LogP contribution in [0.2, 0.25) is 0 Å². The van der Waals surface area contributed by atoms with Crippen LogP contribution in [-0.4, -0.2) is 33.8 Å². The summed E-state index contributed by atoms with van der Waals surface area (Å²) in [5.74, 6) is 1.21. The first-order chi connectivity index (χ1) is 8.81. The van der Waals surface area contributed by atoms with Crippen LogP contribution < -0.4 is 5.73 Å². The first-order valence-corrected chi connectivity index (χ1v) is 6.45. The Morgan fingerprint density at radius 1 is 1.50 bits per heavy atom. The molecule has 1 saturated heterocycles. The van der Waals surface area contributed by atoms with Crippen LogP contribution in [0.15, 0.2) is 18.3 Å². The Hall–Kier alpha value is -1.46. The molecule has 96 valence electrons. The molecule has 0 radical (unpaired) electrons. The highest BCUT2D eigenvalue weighted by molar-refractivity contribution is 5.71. The predicted octanol–water partition coefficient (Wildman–Crippen LogP) is 1.28. The fraction of sp³-hybridized carbons (Fsp3) is 0.538. The first-order valence-electron chi connectivity index (χ1n) is 6.45. The standard InChI is InChI=1S/C13H18N4O/c1-2-6-17-12(9-7-18-8-10(9)14)16-11-4-3-5-15-13(11)17/h3-5,9-10H,2,6-8,14H2,1H3. The fourth-order valence-electron chi connectivity index (χ4n) is 2.54. The van der Waals surface area contributed by atoms with Crippen molar-refractivity contribution < 1.29 is 4.74 Å². The summed E-state index contributed by atoms with van der Waals surface area (Å²) >= 11 is 0. The van der Waals surface area contributed by atoms with Crippen molar-refractivity contribution in [3.05, 3.63) is 24.2 Å². The molecule has 3 rings (SSSR count). The smallest absolute Gasteiger partial charge is 0.159 e. The van der Waals surface area contributed by atoms with E-state index in [1.165, 1.54) is 0 Å². The molecule has 18 heavy (non-hydrogen) atoms. The highest BCUT2D eigenvalue weighted by Crippen LogP contribution is 2.27. The van der Waals surface area contributed by atoms with Crippen LogP contribution in [0, 0.1) is 0 Å². The summed E-state index contributed by atoms with van der Waals surface area (Å²) in [7, 11) is 0. The fourth-order valence-corrected chi connectivity index (χ4v) is 2.54. The monoisotopic (exact) mass is 246 g/mol. The average molecular weight is 246 g/mol. The second kappa shape index (κ2) is 4.66. The molecule has 0 spiro atoms. The zero-order chi connectivity index (χ0) is 12.5. The van der Waals surface area contributed by atoms with Crippen molar-refractivity contribution in [3.63, 3.8) is 0 Å².